The minimum Gasteiger partial charge on any atom is -0.342 e. The van der Waals surface area contributed by atoms with Crippen LogP contribution in [0.4, 0.5) is 5.69 Å². The Kier molecular flexibility index (Phi) is 4.71. The molecule has 1 N–H and O–H groups in total. The third kappa shape index (κ3) is 3.12. The number of anilines is 1. The van der Waals surface area contributed by atoms with Crippen molar-refractivity contribution in [2.75, 3.05) is 18.4 Å². The Hall–Kier alpha value is -1.36. The molecule has 0 unspecified atom stereocenters. The van der Waals surface area contributed by atoms with Crippen LogP contribution in [0.25, 0.3) is 0 Å². The molecule has 1 aromatic carbocycles. The molecular formula is C16H21BrN2O2. The Morgan fingerprint density at radius 1 is 1.29 bits per heavy atom. The fraction of sp³-hybridized carbons (Fsp3) is 0.500. The number of benzene rings is 1. The van der Waals surface area contributed by atoms with Gasteiger partial charge in [-0.2, -0.15) is 0 Å². The zero-order valence-corrected chi connectivity index (χ0v) is 14.3. The number of carbonyl (C=O) groups is 2. The van der Waals surface area contributed by atoms with Crippen LogP contribution in [0.15, 0.2) is 22.7 Å². The van der Waals surface area contributed by atoms with E-state index >= 15 is 0 Å². The van der Waals surface area contributed by atoms with Crippen molar-refractivity contribution in [1.29, 1.82) is 0 Å². The first kappa shape index (κ1) is 16.0. The lowest BCUT2D eigenvalue weighted by Crippen LogP contribution is -2.42. The smallest absolute Gasteiger partial charge is 0.240 e. The largest absolute Gasteiger partial charge is 0.342 e. The van der Waals surface area contributed by atoms with E-state index in [2.05, 4.69) is 21.2 Å². The number of hydrogen-bond acceptors (Lipinski definition) is 2. The molecule has 0 spiro atoms. The molecule has 1 fully saturated rings. The fourth-order valence-corrected chi connectivity index (χ4v) is 2.96. The van der Waals surface area contributed by atoms with E-state index in [4.69, 9.17) is 0 Å². The molecule has 2 amide bonds. The lowest BCUT2D eigenvalue weighted by Gasteiger charge is -2.24. The predicted octanol–water partition coefficient (Wildman–Crippen LogP) is 3.34. The van der Waals surface area contributed by atoms with Crippen molar-refractivity contribution < 1.29 is 9.59 Å². The maximum Gasteiger partial charge on any atom is 0.240 e. The van der Waals surface area contributed by atoms with Gasteiger partial charge in [0, 0.05) is 23.2 Å². The van der Waals surface area contributed by atoms with E-state index in [1.807, 2.05) is 39.0 Å². The number of amides is 2. The highest BCUT2D eigenvalue weighted by Gasteiger charge is 2.57. The van der Waals surface area contributed by atoms with Crippen LogP contribution in [-0.4, -0.2) is 29.8 Å². The fourth-order valence-electron chi connectivity index (χ4n) is 2.49. The molecule has 5 heteroatoms. The molecule has 4 nitrogen and oxygen atoms in total. The van der Waals surface area contributed by atoms with Crippen molar-refractivity contribution in [1.82, 2.24) is 4.90 Å². The normalized spacial score (nSPS) is 15.4. The van der Waals surface area contributed by atoms with Gasteiger partial charge in [-0.25, -0.2) is 0 Å². The van der Waals surface area contributed by atoms with Crippen LogP contribution in [0.1, 0.15) is 32.3 Å². The van der Waals surface area contributed by atoms with Crippen molar-refractivity contribution in [2.24, 2.45) is 5.41 Å². The molecule has 2 rings (SSSR count). The number of carbonyl (C=O) groups excluding carboxylic acids is 2. The minimum absolute atomic E-state index is 0.0419. The van der Waals surface area contributed by atoms with E-state index in [-0.39, 0.29) is 11.8 Å². The van der Waals surface area contributed by atoms with E-state index in [0.29, 0.717) is 25.9 Å². The third-order valence-corrected chi connectivity index (χ3v) is 4.57. The van der Waals surface area contributed by atoms with Gasteiger partial charge in [-0.3, -0.25) is 9.59 Å². The monoisotopic (exact) mass is 352 g/mol. The molecule has 1 saturated carbocycles. The van der Waals surface area contributed by atoms with E-state index in [1.165, 1.54) is 0 Å². The average Bonchev–Trinajstić information content (AvgIpc) is 3.24. The van der Waals surface area contributed by atoms with Crippen molar-refractivity contribution in [3.63, 3.8) is 0 Å². The van der Waals surface area contributed by atoms with Crippen LogP contribution in [0.5, 0.6) is 0 Å². The van der Waals surface area contributed by atoms with Gasteiger partial charge < -0.3 is 10.2 Å². The van der Waals surface area contributed by atoms with E-state index in [9.17, 15) is 9.59 Å². The summed E-state index contributed by atoms with van der Waals surface area (Å²) in [5.74, 6) is -0.218. The first-order valence-electron chi connectivity index (χ1n) is 7.31. The molecule has 114 valence electrons. The van der Waals surface area contributed by atoms with Gasteiger partial charge in [0.25, 0.3) is 0 Å². The van der Waals surface area contributed by atoms with Gasteiger partial charge in [0.15, 0.2) is 0 Å². The molecule has 1 aliphatic carbocycles. The predicted molar refractivity (Wildman–Crippen MR) is 87.1 cm³/mol. The molecule has 0 radical (unpaired) electrons. The van der Waals surface area contributed by atoms with Crippen molar-refractivity contribution in [3.8, 4) is 0 Å². The van der Waals surface area contributed by atoms with E-state index < -0.39 is 5.41 Å². The highest BCUT2D eigenvalue weighted by molar-refractivity contribution is 9.10. The molecule has 0 aliphatic heterocycles. The second kappa shape index (κ2) is 6.18. The molecule has 0 bridgehead atoms. The maximum absolute atomic E-state index is 12.5. The van der Waals surface area contributed by atoms with Gasteiger partial charge in [0.2, 0.25) is 11.8 Å². The van der Waals surface area contributed by atoms with Crippen LogP contribution >= 0.6 is 15.9 Å². The summed E-state index contributed by atoms with van der Waals surface area (Å²) in [6.07, 6.45) is 1.29. The van der Waals surface area contributed by atoms with Crippen LogP contribution < -0.4 is 5.32 Å². The number of hydrogen-bond donors (Lipinski definition) is 1. The maximum atomic E-state index is 12.5. The number of nitrogens with zero attached hydrogens (tertiary/aromatic N) is 1. The van der Waals surface area contributed by atoms with Crippen LogP contribution in [0.3, 0.4) is 0 Å². The standard InChI is InChI=1S/C16H21BrN2O2/c1-4-19(5-2)15(21)16(8-9-16)14(20)18-13-7-6-12(17)10-11(13)3/h6-7,10H,4-5,8-9H2,1-3H3,(H,18,20). The molecule has 0 atom stereocenters. The van der Waals surface area contributed by atoms with Crippen molar-refractivity contribution in [3.05, 3.63) is 28.2 Å². The lowest BCUT2D eigenvalue weighted by atomic mass is 10.0. The molecule has 0 aromatic heterocycles. The molecule has 1 aromatic rings. The zero-order valence-electron chi connectivity index (χ0n) is 12.7. The summed E-state index contributed by atoms with van der Waals surface area (Å²) in [7, 11) is 0. The summed E-state index contributed by atoms with van der Waals surface area (Å²) >= 11 is 3.40. The molecule has 21 heavy (non-hydrogen) atoms. The molecule has 1 aliphatic rings. The van der Waals surface area contributed by atoms with E-state index in [0.717, 1.165) is 15.7 Å². The second-order valence-corrected chi connectivity index (χ2v) is 6.39. The molecule has 0 heterocycles. The van der Waals surface area contributed by atoms with Gasteiger partial charge in [-0.1, -0.05) is 15.9 Å². The Labute approximate surface area is 134 Å². The summed E-state index contributed by atoms with van der Waals surface area (Å²) in [5.41, 5.74) is 0.900. The van der Waals surface area contributed by atoms with Crippen molar-refractivity contribution in [2.45, 2.75) is 33.6 Å². The van der Waals surface area contributed by atoms with Crippen LogP contribution in [0, 0.1) is 12.3 Å². The highest BCUT2D eigenvalue weighted by Crippen LogP contribution is 2.48. The summed E-state index contributed by atoms with van der Waals surface area (Å²) in [5, 5.41) is 2.92. The van der Waals surface area contributed by atoms with Gasteiger partial charge in [-0.05, 0) is 57.4 Å². The quantitative estimate of drug-likeness (QED) is 0.826. The molecular weight excluding hydrogens is 332 g/mol. The van der Waals surface area contributed by atoms with E-state index in [1.54, 1.807) is 4.90 Å². The van der Waals surface area contributed by atoms with Crippen LogP contribution in [0.2, 0.25) is 0 Å². The Morgan fingerprint density at radius 3 is 2.38 bits per heavy atom. The summed E-state index contributed by atoms with van der Waals surface area (Å²) < 4.78 is 0.971. The third-order valence-electron chi connectivity index (χ3n) is 4.08. The Morgan fingerprint density at radius 2 is 1.90 bits per heavy atom. The first-order chi connectivity index (χ1) is 9.94. The Bertz CT molecular complexity index is 563. The van der Waals surface area contributed by atoms with Crippen molar-refractivity contribution >= 4 is 33.4 Å². The second-order valence-electron chi connectivity index (χ2n) is 5.47. The number of nitrogens with one attached hydrogen (secondary N) is 1. The van der Waals surface area contributed by atoms with Gasteiger partial charge in [0.05, 0.1) is 0 Å². The zero-order chi connectivity index (χ0) is 15.6. The number of rotatable bonds is 5. The molecule has 0 saturated heterocycles. The summed E-state index contributed by atoms with van der Waals surface area (Å²) in [6, 6.07) is 5.69. The minimum atomic E-state index is -0.842. The van der Waals surface area contributed by atoms with Gasteiger partial charge >= 0.3 is 0 Å². The summed E-state index contributed by atoms with van der Waals surface area (Å²) in [4.78, 5) is 26.8. The average molecular weight is 353 g/mol. The summed E-state index contributed by atoms with van der Waals surface area (Å²) in [6.45, 7) is 7.10. The number of halogens is 1. The number of aryl methyl sites for hydroxylation is 1. The SMILES string of the molecule is CCN(CC)C(=O)C1(C(=O)Nc2ccc(Br)cc2C)CC1. The Balaban J connectivity index is 2.14. The van der Waals surface area contributed by atoms with Crippen LogP contribution in [-0.2, 0) is 9.59 Å². The van der Waals surface area contributed by atoms with Gasteiger partial charge in [0.1, 0.15) is 5.41 Å². The first-order valence-corrected chi connectivity index (χ1v) is 8.11. The van der Waals surface area contributed by atoms with Gasteiger partial charge in [-0.15, -0.1) is 0 Å². The topological polar surface area (TPSA) is 49.4 Å². The lowest BCUT2D eigenvalue weighted by molar-refractivity contribution is -0.141. The highest BCUT2D eigenvalue weighted by atomic mass is 79.9.